The summed E-state index contributed by atoms with van der Waals surface area (Å²) >= 11 is 0. The molecule has 4 amide bonds. The quantitative estimate of drug-likeness (QED) is 0.163. The first-order valence-corrected chi connectivity index (χ1v) is 10.1. The predicted octanol–water partition coefficient (Wildman–Crippen LogP) is 0.223. The first kappa shape index (κ1) is 26.4. The third-order valence-corrected chi connectivity index (χ3v) is 3.88. The Morgan fingerprint density at radius 3 is 2.41 bits per heavy atom. The van der Waals surface area contributed by atoms with Gasteiger partial charge in [-0.05, 0) is 25.7 Å². The zero-order chi connectivity index (χ0) is 21.9. The highest BCUT2D eigenvalue weighted by Gasteiger charge is 2.19. The van der Waals surface area contributed by atoms with E-state index in [-0.39, 0.29) is 43.0 Å². The molecule has 0 saturated heterocycles. The van der Waals surface area contributed by atoms with Gasteiger partial charge in [-0.15, -0.1) is 0 Å². The van der Waals surface area contributed by atoms with Gasteiger partial charge in [0.2, 0.25) is 23.6 Å². The Kier molecular flexibility index (Phi) is 15.9. The predicted molar refractivity (Wildman–Crippen MR) is 110 cm³/mol. The van der Waals surface area contributed by atoms with Crippen LogP contribution in [0.5, 0.6) is 0 Å². The van der Waals surface area contributed by atoms with Crippen LogP contribution in [0.25, 0.3) is 0 Å². The molecule has 0 aliphatic rings. The van der Waals surface area contributed by atoms with Crippen LogP contribution in [0.4, 0.5) is 0 Å². The van der Waals surface area contributed by atoms with Crippen molar-refractivity contribution in [3.05, 3.63) is 0 Å². The van der Waals surface area contributed by atoms with Crippen molar-refractivity contribution in [1.29, 1.82) is 0 Å². The minimum atomic E-state index is -0.739. The van der Waals surface area contributed by atoms with E-state index in [9.17, 15) is 19.2 Å². The summed E-state index contributed by atoms with van der Waals surface area (Å²) in [5.74, 6) is -0.847. The SMILES string of the molecule is CCCCC(=O)NCCCCO/N=C\CNC(=O)CC[C@H](NC(C)=O)C(=O)NC. The van der Waals surface area contributed by atoms with Crippen LogP contribution in [-0.2, 0) is 24.0 Å². The molecule has 0 aromatic heterocycles. The van der Waals surface area contributed by atoms with E-state index < -0.39 is 6.04 Å². The molecule has 0 aromatic rings. The number of likely N-dealkylation sites (N-methyl/N-ethyl adjacent to an activating group) is 1. The largest absolute Gasteiger partial charge is 0.396 e. The number of oxime groups is 1. The Morgan fingerprint density at radius 2 is 1.76 bits per heavy atom. The lowest BCUT2D eigenvalue weighted by Gasteiger charge is -2.15. The smallest absolute Gasteiger partial charge is 0.242 e. The highest BCUT2D eigenvalue weighted by Crippen LogP contribution is 1.98. The van der Waals surface area contributed by atoms with Crippen LogP contribution >= 0.6 is 0 Å². The second-order valence-corrected chi connectivity index (χ2v) is 6.49. The van der Waals surface area contributed by atoms with Gasteiger partial charge in [-0.2, -0.15) is 0 Å². The lowest BCUT2D eigenvalue weighted by atomic mass is 10.1. The molecule has 166 valence electrons. The van der Waals surface area contributed by atoms with Crippen LogP contribution in [0.15, 0.2) is 5.16 Å². The van der Waals surface area contributed by atoms with Crippen molar-refractivity contribution < 1.29 is 24.0 Å². The van der Waals surface area contributed by atoms with E-state index >= 15 is 0 Å². The highest BCUT2D eigenvalue weighted by molar-refractivity contribution is 5.87. The summed E-state index contributed by atoms with van der Waals surface area (Å²) in [4.78, 5) is 51.0. The summed E-state index contributed by atoms with van der Waals surface area (Å²) in [6, 6.07) is -0.739. The average Bonchev–Trinajstić information content (AvgIpc) is 2.69. The number of hydrogen-bond donors (Lipinski definition) is 4. The molecule has 0 aromatic carbocycles. The van der Waals surface area contributed by atoms with Crippen molar-refractivity contribution in [1.82, 2.24) is 21.3 Å². The fourth-order valence-corrected chi connectivity index (χ4v) is 2.30. The molecule has 0 aliphatic heterocycles. The number of amides is 4. The van der Waals surface area contributed by atoms with Gasteiger partial charge in [0.25, 0.3) is 0 Å². The van der Waals surface area contributed by atoms with E-state index in [0.29, 0.717) is 19.6 Å². The molecule has 0 saturated carbocycles. The molecule has 10 heteroatoms. The molecule has 1 atom stereocenters. The molecule has 0 rings (SSSR count). The summed E-state index contributed by atoms with van der Waals surface area (Å²) in [5.41, 5.74) is 0. The summed E-state index contributed by atoms with van der Waals surface area (Å²) in [6.45, 7) is 4.63. The van der Waals surface area contributed by atoms with Crippen molar-refractivity contribution >= 4 is 29.8 Å². The molecular weight excluding hydrogens is 378 g/mol. The van der Waals surface area contributed by atoms with Gasteiger partial charge < -0.3 is 26.1 Å². The minimum Gasteiger partial charge on any atom is -0.396 e. The van der Waals surface area contributed by atoms with Crippen molar-refractivity contribution in [2.75, 3.05) is 26.7 Å². The molecule has 0 spiro atoms. The van der Waals surface area contributed by atoms with Crippen LogP contribution in [0.1, 0.15) is 58.8 Å². The molecule has 0 radical (unpaired) electrons. The molecule has 0 unspecified atom stereocenters. The first-order valence-electron chi connectivity index (χ1n) is 10.1. The summed E-state index contributed by atoms with van der Waals surface area (Å²) in [7, 11) is 1.47. The zero-order valence-corrected chi connectivity index (χ0v) is 17.7. The number of rotatable bonds is 16. The second kappa shape index (κ2) is 17.4. The molecule has 29 heavy (non-hydrogen) atoms. The fraction of sp³-hybridized carbons (Fsp3) is 0.737. The molecule has 0 bridgehead atoms. The first-order chi connectivity index (χ1) is 13.9. The summed E-state index contributed by atoms with van der Waals surface area (Å²) in [5, 5.41) is 14.2. The monoisotopic (exact) mass is 413 g/mol. The number of nitrogens with zero attached hydrogens (tertiary/aromatic N) is 1. The number of nitrogens with one attached hydrogen (secondary N) is 4. The molecular formula is C19H35N5O5. The average molecular weight is 414 g/mol. The van der Waals surface area contributed by atoms with E-state index in [2.05, 4.69) is 26.4 Å². The molecule has 0 heterocycles. The number of carbonyl (C=O) groups excluding carboxylic acids is 4. The maximum atomic E-state index is 11.8. The molecule has 0 aliphatic carbocycles. The summed E-state index contributed by atoms with van der Waals surface area (Å²) < 4.78 is 0. The Hall–Kier alpha value is -2.65. The highest BCUT2D eigenvalue weighted by atomic mass is 16.6. The Labute approximate surface area is 172 Å². The van der Waals surface area contributed by atoms with E-state index in [0.717, 1.165) is 25.7 Å². The van der Waals surface area contributed by atoms with Crippen LogP contribution in [-0.4, -0.2) is 62.6 Å². The maximum Gasteiger partial charge on any atom is 0.242 e. The lowest BCUT2D eigenvalue weighted by Crippen LogP contribution is -2.45. The summed E-state index contributed by atoms with van der Waals surface area (Å²) in [6.07, 6.45) is 5.80. The van der Waals surface area contributed by atoms with E-state index in [1.165, 1.54) is 20.2 Å². The third kappa shape index (κ3) is 16.0. The fourth-order valence-electron chi connectivity index (χ4n) is 2.30. The van der Waals surface area contributed by atoms with Gasteiger partial charge in [-0.1, -0.05) is 18.5 Å². The van der Waals surface area contributed by atoms with Gasteiger partial charge in [0.1, 0.15) is 12.6 Å². The van der Waals surface area contributed by atoms with Crippen LogP contribution in [0.2, 0.25) is 0 Å². The zero-order valence-electron chi connectivity index (χ0n) is 17.7. The second-order valence-electron chi connectivity index (χ2n) is 6.49. The van der Waals surface area contributed by atoms with E-state index in [4.69, 9.17) is 4.84 Å². The van der Waals surface area contributed by atoms with Gasteiger partial charge >= 0.3 is 0 Å². The standard InChI is InChI=1S/C19H35N5O5/c1-4-5-8-17(26)21-11-6-7-14-29-23-13-12-22-18(27)10-9-16(19(28)20-3)24-15(2)25/h13,16H,4-12,14H2,1-3H3,(H,20,28)(H,21,26)(H,22,27)(H,24,25)/b23-13-/t16-/m0/s1. The Bertz CT molecular complexity index is 539. The van der Waals surface area contributed by atoms with E-state index in [1.807, 2.05) is 6.92 Å². The van der Waals surface area contributed by atoms with Crippen LogP contribution in [0, 0.1) is 0 Å². The Balaban J connectivity index is 3.73. The minimum absolute atomic E-state index is 0.0836. The number of hydrogen-bond acceptors (Lipinski definition) is 6. The van der Waals surface area contributed by atoms with Gasteiger partial charge in [0.15, 0.2) is 0 Å². The molecule has 4 N–H and O–H groups in total. The van der Waals surface area contributed by atoms with Gasteiger partial charge in [-0.3, -0.25) is 19.2 Å². The van der Waals surface area contributed by atoms with Gasteiger partial charge in [0, 0.05) is 33.4 Å². The maximum absolute atomic E-state index is 11.8. The van der Waals surface area contributed by atoms with Crippen molar-refractivity contribution in [2.45, 2.75) is 64.8 Å². The van der Waals surface area contributed by atoms with Crippen molar-refractivity contribution in [3.8, 4) is 0 Å². The number of unbranched alkanes of at least 4 members (excludes halogenated alkanes) is 2. The topological polar surface area (TPSA) is 138 Å². The van der Waals surface area contributed by atoms with Crippen LogP contribution in [0.3, 0.4) is 0 Å². The van der Waals surface area contributed by atoms with Gasteiger partial charge in [-0.25, -0.2) is 0 Å². The Morgan fingerprint density at radius 1 is 1.03 bits per heavy atom. The normalized spacial score (nSPS) is 11.6. The van der Waals surface area contributed by atoms with Crippen LogP contribution < -0.4 is 21.3 Å². The van der Waals surface area contributed by atoms with Crippen molar-refractivity contribution in [2.24, 2.45) is 5.16 Å². The lowest BCUT2D eigenvalue weighted by molar-refractivity contribution is -0.128. The van der Waals surface area contributed by atoms with E-state index in [1.54, 1.807) is 0 Å². The van der Waals surface area contributed by atoms with Crippen molar-refractivity contribution in [3.63, 3.8) is 0 Å². The molecule has 0 fully saturated rings. The third-order valence-electron chi connectivity index (χ3n) is 3.88. The van der Waals surface area contributed by atoms with Gasteiger partial charge in [0.05, 0.1) is 12.8 Å². The number of carbonyl (C=O) groups is 4. The molecule has 10 nitrogen and oxygen atoms in total.